The van der Waals surface area contributed by atoms with Gasteiger partial charge in [0.15, 0.2) is 0 Å². The van der Waals surface area contributed by atoms with E-state index in [0.717, 1.165) is 21.3 Å². The Morgan fingerprint density at radius 3 is 2.68 bits per heavy atom. The zero-order chi connectivity index (χ0) is 13.4. The lowest BCUT2D eigenvalue weighted by molar-refractivity contribution is -0.117. The molecule has 1 heterocycles. The van der Waals surface area contributed by atoms with Crippen molar-refractivity contribution >= 4 is 33.2 Å². The van der Waals surface area contributed by atoms with Crippen LogP contribution >= 0.6 is 15.9 Å². The highest BCUT2D eigenvalue weighted by Gasteiger charge is 2.31. The molecule has 0 aromatic heterocycles. The van der Waals surface area contributed by atoms with Gasteiger partial charge in [-0.2, -0.15) is 0 Å². The Morgan fingerprint density at radius 2 is 1.95 bits per heavy atom. The van der Waals surface area contributed by atoms with Crippen molar-refractivity contribution in [2.75, 3.05) is 11.1 Å². The molecule has 3 N–H and O–H groups in total. The number of hydrogen-bond donors (Lipinski definition) is 2. The van der Waals surface area contributed by atoms with Crippen LogP contribution < -0.4 is 11.1 Å². The number of anilines is 2. The molecule has 0 spiro atoms. The summed E-state index contributed by atoms with van der Waals surface area (Å²) < 4.78 is 0.834. The highest BCUT2D eigenvalue weighted by molar-refractivity contribution is 9.10. The van der Waals surface area contributed by atoms with E-state index in [1.807, 2.05) is 42.5 Å². The van der Waals surface area contributed by atoms with Crippen LogP contribution in [-0.4, -0.2) is 5.91 Å². The molecule has 0 saturated heterocycles. The fraction of sp³-hybridized carbons (Fsp3) is 0.133. The van der Waals surface area contributed by atoms with Crippen LogP contribution in [0, 0.1) is 0 Å². The molecular weight excluding hydrogens is 304 g/mol. The van der Waals surface area contributed by atoms with E-state index in [-0.39, 0.29) is 11.8 Å². The quantitative estimate of drug-likeness (QED) is 0.835. The minimum atomic E-state index is -0.144. The predicted octanol–water partition coefficient (Wildman–Crippen LogP) is 3.31. The number of nitrogen functional groups attached to an aromatic ring is 1. The maximum absolute atomic E-state index is 12.1. The third-order valence-corrected chi connectivity index (χ3v) is 4.09. The number of nitrogens with one attached hydrogen (secondary N) is 1. The molecule has 0 aliphatic carbocycles. The molecule has 0 saturated carbocycles. The van der Waals surface area contributed by atoms with Crippen molar-refractivity contribution in [1.82, 2.24) is 0 Å². The smallest absolute Gasteiger partial charge is 0.232 e. The third kappa shape index (κ3) is 2.24. The van der Waals surface area contributed by atoms with Gasteiger partial charge in [-0.05, 0) is 45.6 Å². The molecule has 19 heavy (non-hydrogen) atoms. The largest absolute Gasteiger partial charge is 0.398 e. The average Bonchev–Trinajstić information content (AvgIpc) is 2.68. The summed E-state index contributed by atoms with van der Waals surface area (Å²) in [5.74, 6) is -0.106. The van der Waals surface area contributed by atoms with Crippen LogP contribution in [0.1, 0.15) is 17.0 Å². The van der Waals surface area contributed by atoms with E-state index in [9.17, 15) is 4.79 Å². The van der Waals surface area contributed by atoms with Crippen molar-refractivity contribution in [3.63, 3.8) is 0 Å². The van der Waals surface area contributed by atoms with Gasteiger partial charge < -0.3 is 11.1 Å². The Morgan fingerprint density at radius 1 is 1.21 bits per heavy atom. The van der Waals surface area contributed by atoms with Crippen molar-refractivity contribution in [2.24, 2.45) is 0 Å². The number of halogens is 1. The number of nitrogens with two attached hydrogens (primary N) is 1. The van der Waals surface area contributed by atoms with E-state index in [2.05, 4.69) is 21.2 Å². The summed E-state index contributed by atoms with van der Waals surface area (Å²) >= 11 is 3.42. The maximum Gasteiger partial charge on any atom is 0.232 e. The summed E-state index contributed by atoms with van der Waals surface area (Å²) in [4.78, 5) is 12.1. The molecule has 1 amide bonds. The van der Waals surface area contributed by atoms with E-state index >= 15 is 0 Å². The zero-order valence-electron chi connectivity index (χ0n) is 10.2. The number of fused-ring (bicyclic) bond motifs is 1. The molecule has 3 rings (SSSR count). The van der Waals surface area contributed by atoms with Gasteiger partial charge in [0.1, 0.15) is 0 Å². The first-order chi connectivity index (χ1) is 9.15. The number of rotatable bonds is 2. The number of benzene rings is 2. The first-order valence-corrected chi connectivity index (χ1v) is 6.88. The minimum absolute atomic E-state index is 0.0383. The molecule has 0 bridgehead atoms. The summed E-state index contributed by atoms with van der Waals surface area (Å²) in [5, 5.41) is 2.90. The van der Waals surface area contributed by atoms with Gasteiger partial charge >= 0.3 is 0 Å². The average molecular weight is 317 g/mol. The molecule has 1 aliphatic rings. The van der Waals surface area contributed by atoms with Crippen LogP contribution in [0.2, 0.25) is 0 Å². The highest BCUT2D eigenvalue weighted by Crippen LogP contribution is 2.39. The predicted molar refractivity (Wildman–Crippen MR) is 80.1 cm³/mol. The van der Waals surface area contributed by atoms with Crippen LogP contribution in [0.3, 0.4) is 0 Å². The SMILES string of the molecule is Nc1cc2c(cc1Br)C(Cc1ccccc1)C(=O)N2. The first-order valence-electron chi connectivity index (χ1n) is 6.09. The molecule has 3 nitrogen and oxygen atoms in total. The fourth-order valence-electron chi connectivity index (χ4n) is 2.42. The van der Waals surface area contributed by atoms with E-state index < -0.39 is 0 Å². The van der Waals surface area contributed by atoms with Gasteiger partial charge in [-0.25, -0.2) is 0 Å². The van der Waals surface area contributed by atoms with E-state index in [0.29, 0.717) is 12.1 Å². The van der Waals surface area contributed by atoms with Gasteiger partial charge in [-0.1, -0.05) is 30.3 Å². The highest BCUT2D eigenvalue weighted by atomic mass is 79.9. The Labute approximate surface area is 119 Å². The van der Waals surface area contributed by atoms with Gasteiger partial charge in [0, 0.05) is 15.8 Å². The molecule has 2 aromatic rings. The fourth-order valence-corrected chi connectivity index (χ4v) is 2.78. The Hall–Kier alpha value is -1.81. The second-order valence-corrected chi connectivity index (χ2v) is 5.55. The number of carbonyl (C=O) groups excluding carboxylic acids is 1. The van der Waals surface area contributed by atoms with Crippen LogP contribution in [0.5, 0.6) is 0 Å². The van der Waals surface area contributed by atoms with Crippen molar-refractivity contribution in [3.05, 3.63) is 58.1 Å². The third-order valence-electron chi connectivity index (χ3n) is 3.40. The van der Waals surface area contributed by atoms with Crippen LogP contribution in [-0.2, 0) is 11.2 Å². The van der Waals surface area contributed by atoms with Gasteiger partial charge in [0.05, 0.1) is 5.92 Å². The maximum atomic E-state index is 12.1. The molecule has 96 valence electrons. The lowest BCUT2D eigenvalue weighted by atomic mass is 9.93. The Bertz CT molecular complexity index is 640. The van der Waals surface area contributed by atoms with Crippen LogP contribution in [0.4, 0.5) is 11.4 Å². The molecule has 4 heteroatoms. The summed E-state index contributed by atoms with van der Waals surface area (Å²) in [6.45, 7) is 0. The van der Waals surface area contributed by atoms with E-state index in [4.69, 9.17) is 5.73 Å². The van der Waals surface area contributed by atoms with Crippen molar-refractivity contribution in [1.29, 1.82) is 0 Å². The van der Waals surface area contributed by atoms with E-state index in [1.54, 1.807) is 0 Å². The topological polar surface area (TPSA) is 55.1 Å². The zero-order valence-corrected chi connectivity index (χ0v) is 11.8. The van der Waals surface area contributed by atoms with Gasteiger partial charge in [0.25, 0.3) is 0 Å². The molecule has 0 fully saturated rings. The van der Waals surface area contributed by atoms with Crippen LogP contribution in [0.25, 0.3) is 0 Å². The summed E-state index contributed by atoms with van der Waals surface area (Å²) in [5.41, 5.74) is 9.47. The normalized spacial score (nSPS) is 17.1. The summed E-state index contributed by atoms with van der Waals surface area (Å²) in [6, 6.07) is 13.8. The van der Waals surface area contributed by atoms with Gasteiger partial charge in [-0.15, -0.1) is 0 Å². The lowest BCUT2D eigenvalue weighted by Gasteiger charge is -2.10. The second kappa shape index (κ2) is 4.70. The monoisotopic (exact) mass is 316 g/mol. The van der Waals surface area contributed by atoms with Crippen molar-refractivity contribution < 1.29 is 4.79 Å². The first kappa shape index (κ1) is 12.2. The van der Waals surface area contributed by atoms with Crippen molar-refractivity contribution in [2.45, 2.75) is 12.3 Å². The van der Waals surface area contributed by atoms with Gasteiger partial charge in [-0.3, -0.25) is 4.79 Å². The molecule has 1 aliphatic heterocycles. The number of amides is 1. The van der Waals surface area contributed by atoms with Crippen LogP contribution in [0.15, 0.2) is 46.9 Å². The molecular formula is C15H13BrN2O. The second-order valence-electron chi connectivity index (χ2n) is 4.69. The Kier molecular flexibility index (Phi) is 3.03. The lowest BCUT2D eigenvalue weighted by Crippen LogP contribution is -2.14. The molecule has 1 atom stereocenters. The number of carbonyl (C=O) groups is 1. The summed E-state index contributed by atoms with van der Waals surface area (Å²) in [7, 11) is 0. The Balaban J connectivity index is 1.96. The van der Waals surface area contributed by atoms with Gasteiger partial charge in [0.2, 0.25) is 5.91 Å². The molecule has 2 aromatic carbocycles. The number of hydrogen-bond acceptors (Lipinski definition) is 2. The van der Waals surface area contributed by atoms with Crippen molar-refractivity contribution in [3.8, 4) is 0 Å². The minimum Gasteiger partial charge on any atom is -0.398 e. The van der Waals surface area contributed by atoms with E-state index in [1.165, 1.54) is 0 Å². The molecule has 0 radical (unpaired) electrons. The summed E-state index contributed by atoms with van der Waals surface area (Å²) in [6.07, 6.45) is 0.704. The standard InChI is InChI=1S/C15H13BrN2O/c16-12-7-10-11(6-9-4-2-1-3-5-9)15(19)18-14(10)8-13(12)17/h1-5,7-8,11H,6,17H2,(H,18,19). The molecule has 1 unspecified atom stereocenters.